The lowest BCUT2D eigenvalue weighted by molar-refractivity contribution is 0.00578. The molecule has 126 valence electrons. The van der Waals surface area contributed by atoms with Gasteiger partial charge in [0.05, 0.1) is 16.9 Å². The number of benzene rings is 1. The molecule has 0 aromatic heterocycles. The minimum Gasteiger partial charge on any atom is -0.471 e. The fraction of sp³-hybridized carbons (Fsp3) is 0.647. The van der Waals surface area contributed by atoms with Gasteiger partial charge in [0.25, 0.3) is 0 Å². The van der Waals surface area contributed by atoms with Crippen molar-refractivity contribution in [3.05, 3.63) is 18.2 Å². The molecule has 0 N–H and O–H groups in total. The molecule has 23 heavy (non-hydrogen) atoms. The molecule has 6 heteroatoms. The third-order valence-electron chi connectivity index (χ3n) is 5.00. The van der Waals surface area contributed by atoms with E-state index >= 15 is 0 Å². The molecule has 2 aliphatic heterocycles. The number of ether oxygens (including phenoxy) is 2. The molecule has 0 radical (unpaired) electrons. The second-order valence-electron chi connectivity index (χ2n) is 7.20. The van der Waals surface area contributed by atoms with Crippen molar-refractivity contribution in [2.75, 3.05) is 31.9 Å². The molecule has 0 spiro atoms. The third-order valence-corrected chi connectivity index (χ3v) is 5.00. The first-order valence-corrected chi connectivity index (χ1v) is 8.20. The van der Waals surface area contributed by atoms with Crippen LogP contribution in [-0.4, -0.2) is 45.3 Å². The van der Waals surface area contributed by atoms with E-state index in [4.69, 9.17) is 18.8 Å². The smallest absolute Gasteiger partial charge is 0.471 e. The Morgan fingerprint density at radius 2 is 1.87 bits per heavy atom. The van der Waals surface area contributed by atoms with Gasteiger partial charge in [-0.2, -0.15) is 0 Å². The van der Waals surface area contributed by atoms with Crippen molar-refractivity contribution >= 4 is 18.3 Å². The maximum atomic E-state index is 6.14. The van der Waals surface area contributed by atoms with Gasteiger partial charge in [-0.15, -0.1) is 0 Å². The summed E-state index contributed by atoms with van der Waals surface area (Å²) in [6.07, 6.45) is 0.972. The van der Waals surface area contributed by atoms with E-state index < -0.39 is 0 Å². The Balaban J connectivity index is 1.78. The topological polar surface area (TPSA) is 40.2 Å². The minimum atomic E-state index is -0.341. The maximum absolute atomic E-state index is 6.14. The summed E-state index contributed by atoms with van der Waals surface area (Å²) in [6, 6.07) is 6.16. The molecule has 0 unspecified atom stereocenters. The predicted molar refractivity (Wildman–Crippen MR) is 91.5 cm³/mol. The van der Waals surface area contributed by atoms with Gasteiger partial charge in [0.2, 0.25) is 0 Å². The Morgan fingerprint density at radius 1 is 1.17 bits per heavy atom. The Kier molecular flexibility index (Phi) is 4.34. The molecular formula is C17H26BNO4. The van der Waals surface area contributed by atoms with E-state index in [1.54, 1.807) is 7.11 Å². The van der Waals surface area contributed by atoms with Gasteiger partial charge in [-0.05, 0) is 51.7 Å². The van der Waals surface area contributed by atoms with E-state index in [1.165, 1.54) is 0 Å². The SMILES string of the molecule is COCCCN1COc2ccc(B3OC(C)(C)C(C)(C)O3)cc21. The monoisotopic (exact) mass is 319 g/mol. The first-order chi connectivity index (χ1) is 10.8. The van der Waals surface area contributed by atoms with Crippen molar-refractivity contribution in [1.29, 1.82) is 0 Å². The minimum absolute atomic E-state index is 0.328. The standard InChI is InChI=1S/C17H26BNO4/c1-16(2)17(3,4)23-18(22-16)13-7-8-15-14(11-13)19(12-21-15)9-6-10-20-5/h7-8,11H,6,9-10,12H2,1-5H3. The Morgan fingerprint density at radius 3 is 2.52 bits per heavy atom. The van der Waals surface area contributed by atoms with Crippen molar-refractivity contribution in [2.45, 2.75) is 45.3 Å². The van der Waals surface area contributed by atoms with E-state index in [-0.39, 0.29) is 18.3 Å². The Labute approximate surface area is 139 Å². The number of hydrogen-bond acceptors (Lipinski definition) is 5. The average molecular weight is 319 g/mol. The molecule has 3 rings (SSSR count). The predicted octanol–water partition coefficient (Wildman–Crippen LogP) is 2.18. The first-order valence-electron chi connectivity index (χ1n) is 8.20. The summed E-state index contributed by atoms with van der Waals surface area (Å²) in [7, 11) is 1.39. The van der Waals surface area contributed by atoms with Crippen LogP contribution in [-0.2, 0) is 14.0 Å². The van der Waals surface area contributed by atoms with Gasteiger partial charge in [0, 0.05) is 20.3 Å². The number of rotatable bonds is 5. The van der Waals surface area contributed by atoms with Gasteiger partial charge in [0.15, 0.2) is 6.73 Å². The van der Waals surface area contributed by atoms with Crippen molar-refractivity contribution in [1.82, 2.24) is 0 Å². The summed E-state index contributed by atoms with van der Waals surface area (Å²) in [6.45, 7) is 10.5. The van der Waals surface area contributed by atoms with E-state index in [0.29, 0.717) is 6.73 Å². The number of anilines is 1. The van der Waals surface area contributed by atoms with Crippen LogP contribution in [0.2, 0.25) is 0 Å². The average Bonchev–Trinajstić information content (AvgIpc) is 2.97. The fourth-order valence-electron chi connectivity index (χ4n) is 2.83. The number of methoxy groups -OCH3 is 1. The molecule has 0 saturated carbocycles. The zero-order chi connectivity index (χ0) is 16.7. The van der Waals surface area contributed by atoms with Crippen LogP contribution >= 0.6 is 0 Å². The highest BCUT2D eigenvalue weighted by Crippen LogP contribution is 2.38. The molecule has 1 aromatic rings. The van der Waals surface area contributed by atoms with Gasteiger partial charge >= 0.3 is 7.12 Å². The van der Waals surface area contributed by atoms with E-state index in [1.807, 2.05) is 12.1 Å². The van der Waals surface area contributed by atoms with Crippen molar-refractivity contribution < 1.29 is 18.8 Å². The lowest BCUT2D eigenvalue weighted by Gasteiger charge is -2.32. The highest BCUT2D eigenvalue weighted by atomic mass is 16.7. The molecule has 2 heterocycles. The van der Waals surface area contributed by atoms with E-state index in [0.717, 1.165) is 36.5 Å². The molecule has 1 fully saturated rings. The molecule has 1 aromatic carbocycles. The van der Waals surface area contributed by atoms with Crippen LogP contribution in [0.4, 0.5) is 5.69 Å². The summed E-state index contributed by atoms with van der Waals surface area (Å²) in [5, 5.41) is 0. The van der Waals surface area contributed by atoms with Gasteiger partial charge < -0.3 is 23.7 Å². The van der Waals surface area contributed by atoms with E-state index in [9.17, 15) is 0 Å². The van der Waals surface area contributed by atoms with Gasteiger partial charge in [-0.1, -0.05) is 6.07 Å². The van der Waals surface area contributed by atoms with Crippen LogP contribution in [0.5, 0.6) is 5.75 Å². The van der Waals surface area contributed by atoms with E-state index in [2.05, 4.69) is 38.7 Å². The highest BCUT2D eigenvalue weighted by Gasteiger charge is 2.51. The summed E-state index contributed by atoms with van der Waals surface area (Å²) in [5.41, 5.74) is 1.48. The molecule has 0 atom stereocenters. The van der Waals surface area contributed by atoms with Gasteiger partial charge in [0.1, 0.15) is 5.75 Å². The molecule has 5 nitrogen and oxygen atoms in total. The molecule has 2 aliphatic rings. The largest absolute Gasteiger partial charge is 0.494 e. The first kappa shape index (κ1) is 16.6. The van der Waals surface area contributed by atoms with Crippen LogP contribution in [0.3, 0.4) is 0 Å². The maximum Gasteiger partial charge on any atom is 0.494 e. The Hall–Kier alpha value is -1.24. The molecule has 0 amide bonds. The summed E-state index contributed by atoms with van der Waals surface area (Å²) >= 11 is 0. The third kappa shape index (κ3) is 3.07. The molecule has 0 aliphatic carbocycles. The second-order valence-corrected chi connectivity index (χ2v) is 7.20. The normalized spacial score (nSPS) is 21.4. The number of fused-ring (bicyclic) bond motifs is 1. The number of hydrogen-bond donors (Lipinski definition) is 0. The molecule has 0 bridgehead atoms. The summed E-state index contributed by atoms with van der Waals surface area (Å²) in [4.78, 5) is 2.23. The van der Waals surface area contributed by atoms with Crippen molar-refractivity contribution in [3.8, 4) is 5.75 Å². The summed E-state index contributed by atoms with van der Waals surface area (Å²) < 4.78 is 23.2. The Bertz CT molecular complexity index is 560. The van der Waals surface area contributed by atoms with Crippen molar-refractivity contribution in [3.63, 3.8) is 0 Å². The summed E-state index contributed by atoms with van der Waals surface area (Å²) in [5.74, 6) is 0.919. The molecular weight excluding hydrogens is 293 g/mol. The van der Waals surface area contributed by atoms with Crippen molar-refractivity contribution in [2.24, 2.45) is 0 Å². The second kappa shape index (κ2) is 6.00. The van der Waals surface area contributed by atoms with Crippen LogP contribution in [0.1, 0.15) is 34.1 Å². The van der Waals surface area contributed by atoms with Crippen LogP contribution in [0.15, 0.2) is 18.2 Å². The number of nitrogens with zero attached hydrogens (tertiary/aromatic N) is 1. The lowest BCUT2D eigenvalue weighted by Crippen LogP contribution is -2.41. The van der Waals surface area contributed by atoms with Crippen LogP contribution < -0.4 is 15.1 Å². The van der Waals surface area contributed by atoms with Gasteiger partial charge in [-0.25, -0.2) is 0 Å². The lowest BCUT2D eigenvalue weighted by atomic mass is 9.79. The highest BCUT2D eigenvalue weighted by molar-refractivity contribution is 6.62. The quantitative estimate of drug-likeness (QED) is 0.614. The van der Waals surface area contributed by atoms with Crippen LogP contribution in [0.25, 0.3) is 0 Å². The zero-order valence-electron chi connectivity index (χ0n) is 14.7. The fourth-order valence-corrected chi connectivity index (χ4v) is 2.83. The van der Waals surface area contributed by atoms with Crippen LogP contribution in [0, 0.1) is 0 Å². The molecule has 1 saturated heterocycles. The zero-order valence-corrected chi connectivity index (χ0v) is 14.7. The van der Waals surface area contributed by atoms with Gasteiger partial charge in [-0.3, -0.25) is 0 Å².